The van der Waals surface area contributed by atoms with Gasteiger partial charge in [0.05, 0.1) is 0 Å². The van der Waals surface area contributed by atoms with Crippen LogP contribution in [0.4, 0.5) is 0 Å². The molecular formula is C84H87ClNiO20P4+2. The Labute approximate surface area is 655 Å². The first-order chi connectivity index (χ1) is 51.7. The Balaban J connectivity index is 0.000000199. The van der Waals surface area contributed by atoms with Gasteiger partial charge < -0.3 is 54.3 Å². The fraction of sp³-hybridized carbons (Fsp3) is 0.143. The van der Waals surface area contributed by atoms with E-state index in [1.165, 1.54) is 0 Å². The molecule has 0 aromatic heterocycles. The van der Waals surface area contributed by atoms with Gasteiger partial charge in [0.1, 0.15) is 69.0 Å². The van der Waals surface area contributed by atoms with Crippen molar-refractivity contribution in [2.75, 3.05) is 0 Å². The van der Waals surface area contributed by atoms with Gasteiger partial charge in [0.2, 0.25) is 0 Å². The number of hydrogen-bond acceptors (Lipinski definition) is 20. The predicted octanol–water partition coefficient (Wildman–Crippen LogP) is 22.2. The van der Waals surface area contributed by atoms with Crippen molar-refractivity contribution < 1.29 is 118 Å². The van der Waals surface area contributed by atoms with Crippen LogP contribution in [-0.4, -0.2) is 14.0 Å². The molecule has 0 radical (unpaired) electrons. The van der Waals surface area contributed by atoms with Crippen LogP contribution in [0.15, 0.2) is 291 Å². The third kappa shape index (κ3) is 31.8. The van der Waals surface area contributed by atoms with Gasteiger partial charge in [-0.05, 0) is 229 Å². The third-order valence-electron chi connectivity index (χ3n) is 14.9. The van der Waals surface area contributed by atoms with Crippen molar-refractivity contribution in [1.29, 1.82) is 0 Å². The van der Waals surface area contributed by atoms with E-state index in [4.69, 9.17) is 72.9 Å². The molecule has 0 fully saturated rings. The van der Waals surface area contributed by atoms with Gasteiger partial charge in [-0.15, -0.1) is 0 Å². The summed E-state index contributed by atoms with van der Waals surface area (Å²) in [7, 11) is -19.9. The van der Waals surface area contributed by atoms with Crippen LogP contribution >= 0.6 is 31.3 Å². The molecule has 12 aromatic carbocycles. The van der Waals surface area contributed by atoms with E-state index >= 15 is 0 Å². The summed E-state index contributed by atoms with van der Waals surface area (Å²) in [6.07, 6.45) is 0. The average molecular weight is 1630 g/mol. The molecule has 12 rings (SSSR count). The molecule has 0 saturated heterocycles. The van der Waals surface area contributed by atoms with Gasteiger partial charge in [-0.3, -0.25) is 0 Å². The number of benzene rings is 12. The van der Waals surface area contributed by atoms with Crippen molar-refractivity contribution >= 4 is 31.3 Å². The molecule has 26 heteroatoms. The maximum atomic E-state index is 13.3. The summed E-state index contributed by atoms with van der Waals surface area (Å²) in [6, 6.07) is 86.6. The molecule has 20 nitrogen and oxygen atoms in total. The summed E-state index contributed by atoms with van der Waals surface area (Å²) < 4.78 is 151. The summed E-state index contributed by atoms with van der Waals surface area (Å²) in [5.74, 6) is 4.98. The van der Waals surface area contributed by atoms with Gasteiger partial charge >= 0.3 is 76.7 Å². The Morgan fingerprint density at radius 2 is 0.236 bits per heavy atom. The number of phosphoric ester groups is 4. The van der Waals surface area contributed by atoms with Crippen LogP contribution in [-0.2, 0) is 34.8 Å². The fourth-order valence-electron chi connectivity index (χ4n) is 8.96. The molecule has 0 heterocycles. The standard InChI is InChI=1S/4C21H21O4P.ClH3O4.Ni/c4*1-16-4-10-19(11-5-16)23-26(22,24-20-12-6-17(2)7-13-20)25-21-14-8-18(3)9-15-21;2-1(3,4)5;/h4*4-15H,1-3H3;2-4H;/q;;;;;+2. The molecule has 0 spiro atoms. The average Bonchev–Trinajstić information content (AvgIpc) is 0.841. The summed E-state index contributed by atoms with van der Waals surface area (Å²) in [5, 5.41) is 0. The topological polar surface area (TPSA) is 263 Å². The summed E-state index contributed by atoms with van der Waals surface area (Å²) in [4.78, 5) is 0. The first-order valence-electron chi connectivity index (χ1n) is 33.9. The first kappa shape index (κ1) is 87.0. The van der Waals surface area contributed by atoms with E-state index in [0.717, 1.165) is 66.8 Å². The second kappa shape index (κ2) is 41.0. The molecule has 0 aliphatic carbocycles. The maximum absolute atomic E-state index is 13.3. The molecule has 0 bridgehead atoms. The summed E-state index contributed by atoms with van der Waals surface area (Å²) in [5.41, 5.74) is 12.9. The Morgan fingerprint density at radius 1 is 0.182 bits per heavy atom. The number of hydrogen-bond donors (Lipinski definition) is 3. The molecule has 0 aliphatic heterocycles. The monoisotopic (exact) mass is 1630 g/mol. The molecule has 0 saturated carbocycles. The molecule has 578 valence electrons. The van der Waals surface area contributed by atoms with Crippen molar-refractivity contribution in [2.24, 2.45) is 0 Å². The predicted molar refractivity (Wildman–Crippen MR) is 419 cm³/mol. The van der Waals surface area contributed by atoms with Gasteiger partial charge in [0.25, 0.3) is 0 Å². The molecule has 0 unspecified atom stereocenters. The van der Waals surface area contributed by atoms with E-state index in [1.807, 2.05) is 229 Å². The molecule has 12 aromatic rings. The zero-order valence-corrected chi connectivity index (χ0v) is 67.8. The summed E-state index contributed by atoms with van der Waals surface area (Å²) in [6.45, 7) is 23.6. The zero-order chi connectivity index (χ0) is 78.8. The van der Waals surface area contributed by atoms with Crippen LogP contribution in [0.2, 0.25) is 0 Å². The Kier molecular flexibility index (Phi) is 32.4. The van der Waals surface area contributed by atoms with E-state index in [0.29, 0.717) is 69.0 Å². The van der Waals surface area contributed by atoms with Crippen LogP contribution in [0.1, 0.15) is 66.8 Å². The van der Waals surface area contributed by atoms with Gasteiger partial charge in [0, 0.05) is 0 Å². The van der Waals surface area contributed by atoms with Crippen molar-refractivity contribution in [3.8, 4) is 69.0 Å². The van der Waals surface area contributed by atoms with Crippen molar-refractivity contribution in [2.45, 2.75) is 83.1 Å². The van der Waals surface area contributed by atoms with E-state index in [9.17, 15) is 18.3 Å². The van der Waals surface area contributed by atoms with Crippen LogP contribution in [0.25, 0.3) is 0 Å². The molecular weight excluding hydrogens is 1550 g/mol. The zero-order valence-electron chi connectivity index (χ0n) is 62.5. The summed E-state index contributed by atoms with van der Waals surface area (Å²) >= 11 is 0. The Hall–Kier alpha value is -10.2. The van der Waals surface area contributed by atoms with E-state index < -0.39 is 41.5 Å². The fourth-order valence-corrected chi connectivity index (χ4v) is 14.0. The van der Waals surface area contributed by atoms with Crippen LogP contribution in [0.5, 0.6) is 69.0 Å². The second-order valence-electron chi connectivity index (χ2n) is 25.1. The third-order valence-corrected chi connectivity index (χ3v) is 20.1. The number of rotatable bonds is 24. The van der Waals surface area contributed by atoms with Crippen molar-refractivity contribution in [3.05, 3.63) is 358 Å². The molecule has 0 atom stereocenters. The molecule has 110 heavy (non-hydrogen) atoms. The van der Waals surface area contributed by atoms with E-state index in [1.54, 1.807) is 146 Å². The quantitative estimate of drug-likeness (QED) is 0.0375. The normalized spacial score (nSPS) is 11.1. The minimum atomic E-state index is -4.19. The van der Waals surface area contributed by atoms with Gasteiger partial charge in [0.15, 0.2) is 0 Å². The first-order valence-corrected chi connectivity index (χ1v) is 41.1. The number of aryl methyl sites for hydroxylation is 12. The molecule has 0 aliphatic rings. The van der Waals surface area contributed by atoms with Crippen molar-refractivity contribution in [3.63, 3.8) is 0 Å². The SMILES string of the molecule is Cc1ccc(OP(=O)(Oc2ccc(C)cc2)Oc2ccc(C)cc2)cc1.Cc1ccc(OP(=O)(Oc2ccc(C)cc2)Oc2ccc(C)cc2)cc1.Cc1ccc(OP(=O)(Oc2ccc(C)cc2)Oc2ccc(C)cc2)cc1.Cc1ccc(OP(=O)(Oc2ccc(C)cc2)Oc2ccc(C)cc2)cc1.[Ni+2].[O-][Cl+](O)(O)O. The van der Waals surface area contributed by atoms with E-state index in [-0.39, 0.29) is 16.5 Å². The minimum absolute atomic E-state index is 0. The Morgan fingerprint density at radius 3 is 0.291 bits per heavy atom. The van der Waals surface area contributed by atoms with Crippen molar-refractivity contribution in [1.82, 2.24) is 0 Å². The van der Waals surface area contributed by atoms with Gasteiger partial charge in [-0.2, -0.15) is 18.3 Å². The van der Waals surface area contributed by atoms with Crippen LogP contribution in [0.3, 0.4) is 0 Å². The van der Waals surface area contributed by atoms with Crippen LogP contribution < -0.4 is 58.9 Å². The van der Waals surface area contributed by atoms with Crippen LogP contribution in [0, 0.1) is 93.3 Å². The van der Waals surface area contributed by atoms with Gasteiger partial charge in [-0.1, -0.05) is 212 Å². The molecule has 0 amide bonds. The Bertz CT molecular complexity index is 3870. The number of phosphoric acid groups is 4. The number of halogens is 1. The molecule has 3 N–H and O–H groups in total. The van der Waals surface area contributed by atoms with E-state index in [2.05, 4.69) is 0 Å². The van der Waals surface area contributed by atoms with Gasteiger partial charge in [-0.25, -0.2) is 0 Å². The second-order valence-corrected chi connectivity index (χ2v) is 31.7.